The van der Waals surface area contributed by atoms with Gasteiger partial charge in [-0.25, -0.2) is 3.63 Å². The summed E-state index contributed by atoms with van der Waals surface area (Å²) in [4.78, 5) is 0. The number of allylic oxidation sites excluding steroid dienone is 2. The van der Waals surface area contributed by atoms with Crippen molar-refractivity contribution >= 4 is 63.4 Å². The standard InChI is InChI=1S/C8H14OS6/c1-3-5-7-10-14-12-9-13-15-11-8-6-4-2/h3-6H,7-8H2,1-2H3. The van der Waals surface area contributed by atoms with Gasteiger partial charge in [0.2, 0.25) is 0 Å². The van der Waals surface area contributed by atoms with E-state index in [1.165, 1.54) is 22.1 Å². The second-order valence-corrected chi connectivity index (χ2v) is 9.77. The lowest BCUT2D eigenvalue weighted by Gasteiger charge is -1.97. The zero-order chi connectivity index (χ0) is 11.2. The zero-order valence-corrected chi connectivity index (χ0v) is 13.5. The van der Waals surface area contributed by atoms with Crippen molar-refractivity contribution in [2.24, 2.45) is 0 Å². The molecule has 1 nitrogen and oxygen atoms in total. The third kappa shape index (κ3) is 15.5. The van der Waals surface area contributed by atoms with Gasteiger partial charge in [-0.05, 0) is 13.8 Å². The van der Waals surface area contributed by atoms with E-state index in [9.17, 15) is 0 Å². The summed E-state index contributed by atoms with van der Waals surface area (Å²) in [6.45, 7) is 4.06. The molecule has 0 radical (unpaired) electrons. The van der Waals surface area contributed by atoms with Crippen molar-refractivity contribution in [2.75, 3.05) is 11.5 Å². The van der Waals surface area contributed by atoms with Crippen molar-refractivity contribution in [1.29, 1.82) is 0 Å². The molecule has 0 aromatic carbocycles. The van der Waals surface area contributed by atoms with Gasteiger partial charge in [-0.15, -0.1) is 0 Å². The first kappa shape index (κ1) is 16.5. The lowest BCUT2D eigenvalue weighted by Crippen LogP contribution is -1.62. The van der Waals surface area contributed by atoms with Gasteiger partial charge in [0.1, 0.15) is 0 Å². The Morgan fingerprint density at radius 2 is 1.33 bits per heavy atom. The van der Waals surface area contributed by atoms with Crippen molar-refractivity contribution in [3.63, 3.8) is 0 Å². The van der Waals surface area contributed by atoms with Crippen LogP contribution in [0.3, 0.4) is 0 Å². The summed E-state index contributed by atoms with van der Waals surface area (Å²) in [6.07, 6.45) is 8.38. The van der Waals surface area contributed by atoms with Gasteiger partial charge in [0, 0.05) is 31.2 Å². The lowest BCUT2D eigenvalue weighted by atomic mass is 10.6. The first-order valence-corrected chi connectivity index (χ1v) is 11.4. The largest absolute Gasteiger partial charge is 0.223 e. The number of hydrogen-bond donors (Lipinski definition) is 0. The van der Waals surface area contributed by atoms with Gasteiger partial charge < -0.3 is 0 Å². The molecule has 0 fully saturated rings. The third-order valence-corrected chi connectivity index (χ3v) is 7.87. The molecule has 0 aliphatic heterocycles. The van der Waals surface area contributed by atoms with Crippen molar-refractivity contribution < 1.29 is 3.63 Å². The highest BCUT2D eigenvalue weighted by Crippen LogP contribution is 2.44. The average Bonchev–Trinajstić information content (AvgIpc) is 2.26. The van der Waals surface area contributed by atoms with Gasteiger partial charge in [0.25, 0.3) is 0 Å². The first-order chi connectivity index (χ1) is 7.41. The van der Waals surface area contributed by atoms with Crippen molar-refractivity contribution in [3.8, 4) is 0 Å². The second kappa shape index (κ2) is 15.5. The van der Waals surface area contributed by atoms with Crippen LogP contribution in [0, 0.1) is 0 Å². The molecular weight excluding hydrogens is 304 g/mol. The Morgan fingerprint density at radius 1 is 0.867 bits per heavy atom. The Hall–Kier alpha value is 1.54. The molecule has 88 valence electrons. The lowest BCUT2D eigenvalue weighted by molar-refractivity contribution is 0.785. The molecular formula is C8H14OS6. The maximum Gasteiger partial charge on any atom is 0.0905 e. The fraction of sp³-hybridized carbons (Fsp3) is 0.500. The molecule has 0 aromatic rings. The summed E-state index contributed by atoms with van der Waals surface area (Å²) in [5.74, 6) is 2.07. The SMILES string of the molecule is CC=CCSSSOSSSCC=CC. The van der Waals surface area contributed by atoms with Crippen LogP contribution in [0.25, 0.3) is 0 Å². The van der Waals surface area contributed by atoms with Crippen LogP contribution in [0.15, 0.2) is 24.3 Å². The number of rotatable bonds is 10. The van der Waals surface area contributed by atoms with Gasteiger partial charge in [-0.2, -0.15) is 0 Å². The number of hydrogen-bond acceptors (Lipinski definition) is 7. The van der Waals surface area contributed by atoms with E-state index in [-0.39, 0.29) is 0 Å². The summed E-state index contributed by atoms with van der Waals surface area (Å²) in [7, 11) is 6.88. The van der Waals surface area contributed by atoms with Crippen molar-refractivity contribution in [1.82, 2.24) is 0 Å². The quantitative estimate of drug-likeness (QED) is 0.207. The molecule has 0 unspecified atom stereocenters. The van der Waals surface area contributed by atoms with Crippen LogP contribution < -0.4 is 0 Å². The molecule has 0 saturated heterocycles. The molecule has 0 rings (SSSR count). The summed E-state index contributed by atoms with van der Waals surface area (Å²) in [5, 5.41) is 0. The first-order valence-electron chi connectivity index (χ1n) is 4.22. The van der Waals surface area contributed by atoms with Gasteiger partial charge in [0.05, 0.1) is 22.1 Å². The normalized spacial score (nSPS) is 11.9. The summed E-state index contributed by atoms with van der Waals surface area (Å²) in [6, 6.07) is 0. The van der Waals surface area contributed by atoms with Crippen LogP contribution in [0.1, 0.15) is 13.8 Å². The molecule has 0 bridgehead atoms. The average molecular weight is 319 g/mol. The van der Waals surface area contributed by atoms with Crippen molar-refractivity contribution in [2.45, 2.75) is 13.8 Å². The molecule has 0 N–H and O–H groups in total. The van der Waals surface area contributed by atoms with Crippen LogP contribution in [-0.4, -0.2) is 11.5 Å². The Balaban J connectivity index is 2.92. The smallest absolute Gasteiger partial charge is 0.0905 e. The van der Waals surface area contributed by atoms with E-state index < -0.39 is 0 Å². The Morgan fingerprint density at radius 3 is 1.73 bits per heavy atom. The maximum atomic E-state index is 5.26. The van der Waals surface area contributed by atoms with E-state index >= 15 is 0 Å². The van der Waals surface area contributed by atoms with E-state index in [0.717, 1.165) is 11.5 Å². The van der Waals surface area contributed by atoms with E-state index in [2.05, 4.69) is 24.3 Å². The fourth-order valence-electron chi connectivity index (χ4n) is 0.400. The molecule has 0 aromatic heterocycles. The highest BCUT2D eigenvalue weighted by Gasteiger charge is 1.93. The monoisotopic (exact) mass is 318 g/mol. The van der Waals surface area contributed by atoms with Gasteiger partial charge >= 0.3 is 0 Å². The maximum absolute atomic E-state index is 5.26. The summed E-state index contributed by atoms with van der Waals surface area (Å²) in [5.41, 5.74) is 0. The zero-order valence-electron chi connectivity index (χ0n) is 8.58. The predicted molar refractivity (Wildman–Crippen MR) is 86.0 cm³/mol. The van der Waals surface area contributed by atoms with Gasteiger partial charge in [-0.1, -0.05) is 45.9 Å². The van der Waals surface area contributed by atoms with E-state index in [4.69, 9.17) is 3.63 Å². The summed E-state index contributed by atoms with van der Waals surface area (Å²) < 4.78 is 5.26. The summed E-state index contributed by atoms with van der Waals surface area (Å²) >= 11 is 2.85. The van der Waals surface area contributed by atoms with Gasteiger partial charge in [-0.3, -0.25) is 0 Å². The molecule has 0 saturated carbocycles. The van der Waals surface area contributed by atoms with E-state index in [1.807, 2.05) is 13.8 Å². The van der Waals surface area contributed by atoms with Gasteiger partial charge in [0.15, 0.2) is 0 Å². The molecule has 15 heavy (non-hydrogen) atoms. The molecule has 0 spiro atoms. The predicted octanol–water partition coefficient (Wildman–Crippen LogP) is 6.04. The highest BCUT2D eigenvalue weighted by atomic mass is 33.5. The topological polar surface area (TPSA) is 9.23 Å². The van der Waals surface area contributed by atoms with Crippen LogP contribution in [0.2, 0.25) is 0 Å². The molecule has 0 atom stereocenters. The molecule has 0 amide bonds. The molecule has 0 heterocycles. The van der Waals surface area contributed by atoms with E-state index in [0.29, 0.717) is 0 Å². The minimum Gasteiger partial charge on any atom is -0.223 e. The fourth-order valence-corrected chi connectivity index (χ4v) is 6.60. The second-order valence-electron chi connectivity index (χ2n) is 2.05. The van der Waals surface area contributed by atoms with E-state index in [1.54, 1.807) is 41.2 Å². The van der Waals surface area contributed by atoms with Crippen molar-refractivity contribution in [3.05, 3.63) is 24.3 Å². The Labute approximate surface area is 116 Å². The van der Waals surface area contributed by atoms with Crippen LogP contribution in [-0.2, 0) is 3.63 Å². The van der Waals surface area contributed by atoms with Crippen LogP contribution in [0.4, 0.5) is 0 Å². The van der Waals surface area contributed by atoms with Crippen LogP contribution in [0.5, 0.6) is 0 Å². The minimum atomic E-state index is 1.03. The van der Waals surface area contributed by atoms with Crippen LogP contribution >= 0.6 is 63.4 Å². The molecule has 0 aliphatic rings. The highest BCUT2D eigenvalue weighted by molar-refractivity contribution is 9.12. The minimum absolute atomic E-state index is 1.03. The Bertz CT molecular complexity index is 155. The third-order valence-electron chi connectivity index (χ3n) is 1.01. The molecule has 7 heteroatoms. The Kier molecular flexibility index (Phi) is 17.1. The molecule has 0 aliphatic carbocycles.